The van der Waals surface area contributed by atoms with Crippen LogP contribution in [-0.2, 0) is 4.57 Å². The van der Waals surface area contributed by atoms with Crippen molar-refractivity contribution in [1.29, 1.82) is 0 Å². The van der Waals surface area contributed by atoms with Crippen molar-refractivity contribution < 1.29 is 13.7 Å². The number of likely N-dealkylation sites (tertiary alicyclic amines) is 1. The normalized spacial score (nSPS) is 18.8. The second-order valence-corrected chi connectivity index (χ2v) is 14.1. The Morgan fingerprint density at radius 2 is 1.82 bits per heavy atom. The SMILES string of the molecule is COc1cc(N2CCC(N3CC[C@@H](F)C3)CC2)ccc1Nc1ncc(Cl)c(Nc2ccccc2P(C)(C)=O)n1. The van der Waals surface area contributed by atoms with Gasteiger partial charge < -0.3 is 24.8 Å². The third kappa shape index (κ3) is 6.48. The minimum absolute atomic E-state index is 0.346. The van der Waals surface area contributed by atoms with Gasteiger partial charge in [0.15, 0.2) is 5.82 Å². The summed E-state index contributed by atoms with van der Waals surface area (Å²) in [7, 11) is -0.879. The molecule has 0 aliphatic carbocycles. The summed E-state index contributed by atoms with van der Waals surface area (Å²) in [5.41, 5.74) is 2.50. The first-order valence-corrected chi connectivity index (χ1v) is 16.2. The predicted molar refractivity (Wildman–Crippen MR) is 158 cm³/mol. The molecule has 1 aromatic heterocycles. The molecule has 0 radical (unpaired) electrons. The Morgan fingerprint density at radius 3 is 2.51 bits per heavy atom. The molecule has 0 unspecified atom stereocenters. The molecule has 3 aromatic rings. The maximum atomic E-state index is 13.6. The number of nitrogens with one attached hydrogen (secondary N) is 2. The number of anilines is 5. The number of aromatic nitrogens is 2. The van der Waals surface area contributed by atoms with E-state index in [4.69, 9.17) is 16.3 Å². The molecule has 0 saturated carbocycles. The van der Waals surface area contributed by atoms with Gasteiger partial charge in [-0.1, -0.05) is 23.7 Å². The van der Waals surface area contributed by atoms with Crippen molar-refractivity contribution in [2.24, 2.45) is 0 Å². The molecule has 0 spiro atoms. The minimum Gasteiger partial charge on any atom is -0.494 e. The summed E-state index contributed by atoms with van der Waals surface area (Å²) in [6.07, 6.45) is 3.56. The predicted octanol–water partition coefficient (Wildman–Crippen LogP) is 5.89. The molecule has 0 amide bonds. The quantitative estimate of drug-likeness (QED) is 0.324. The maximum absolute atomic E-state index is 13.6. The highest BCUT2D eigenvalue weighted by Crippen LogP contribution is 2.39. The number of hydrogen-bond acceptors (Lipinski definition) is 8. The lowest BCUT2D eigenvalue weighted by Gasteiger charge is -2.38. The summed E-state index contributed by atoms with van der Waals surface area (Å²) in [5, 5.41) is 7.53. The number of hydrogen-bond donors (Lipinski definition) is 2. The van der Waals surface area contributed by atoms with E-state index >= 15 is 0 Å². The number of ether oxygens (including phenoxy) is 1. The van der Waals surface area contributed by atoms with Crippen LogP contribution in [0.4, 0.5) is 33.2 Å². The summed E-state index contributed by atoms with van der Waals surface area (Å²) in [6, 6.07) is 13.9. The second kappa shape index (κ2) is 11.7. The lowest BCUT2D eigenvalue weighted by molar-refractivity contribution is 0.192. The fraction of sp³-hybridized carbons (Fsp3) is 0.429. The first kappa shape index (κ1) is 27.7. The number of methoxy groups -OCH3 is 1. The van der Waals surface area contributed by atoms with Gasteiger partial charge in [-0.15, -0.1) is 0 Å². The molecular weight excluding hydrogens is 538 g/mol. The third-order valence-corrected chi connectivity index (χ3v) is 9.25. The van der Waals surface area contributed by atoms with Crippen molar-refractivity contribution in [3.63, 3.8) is 0 Å². The van der Waals surface area contributed by atoms with Gasteiger partial charge in [0.05, 0.1) is 24.7 Å². The van der Waals surface area contributed by atoms with E-state index in [2.05, 4.69) is 36.5 Å². The fourth-order valence-corrected chi connectivity index (χ4v) is 6.65. The van der Waals surface area contributed by atoms with Gasteiger partial charge in [0.2, 0.25) is 5.95 Å². The van der Waals surface area contributed by atoms with Crippen molar-refractivity contribution in [3.8, 4) is 5.75 Å². The van der Waals surface area contributed by atoms with Crippen molar-refractivity contribution in [3.05, 3.63) is 53.7 Å². The minimum atomic E-state index is -2.52. The smallest absolute Gasteiger partial charge is 0.229 e. The third-order valence-electron chi connectivity index (χ3n) is 7.42. The highest BCUT2D eigenvalue weighted by atomic mass is 35.5. The number of piperidine rings is 1. The monoisotopic (exact) mass is 572 g/mol. The Balaban J connectivity index is 1.29. The summed E-state index contributed by atoms with van der Waals surface area (Å²) in [4.78, 5) is 13.6. The average molecular weight is 573 g/mol. The Kier molecular flexibility index (Phi) is 8.31. The topological polar surface area (TPSA) is 82.6 Å². The Labute approximate surface area is 234 Å². The Bertz CT molecular complexity index is 1360. The van der Waals surface area contributed by atoms with E-state index in [1.807, 2.05) is 36.4 Å². The van der Waals surface area contributed by atoms with E-state index in [0.29, 0.717) is 47.2 Å². The van der Waals surface area contributed by atoms with E-state index in [-0.39, 0.29) is 0 Å². The largest absolute Gasteiger partial charge is 0.494 e. The molecule has 39 heavy (non-hydrogen) atoms. The lowest BCUT2D eigenvalue weighted by Crippen LogP contribution is -2.44. The number of benzene rings is 2. The highest BCUT2D eigenvalue weighted by molar-refractivity contribution is 7.70. The van der Waals surface area contributed by atoms with E-state index in [1.54, 1.807) is 20.4 Å². The van der Waals surface area contributed by atoms with E-state index < -0.39 is 13.3 Å². The summed E-state index contributed by atoms with van der Waals surface area (Å²) in [6.45, 7) is 6.76. The van der Waals surface area contributed by atoms with Crippen LogP contribution in [0.1, 0.15) is 19.3 Å². The number of halogens is 2. The number of nitrogens with zero attached hydrogens (tertiary/aromatic N) is 4. The van der Waals surface area contributed by atoms with Crippen LogP contribution < -0.4 is 25.6 Å². The van der Waals surface area contributed by atoms with E-state index in [0.717, 1.165) is 49.2 Å². The summed E-state index contributed by atoms with van der Waals surface area (Å²) >= 11 is 6.40. The molecule has 5 rings (SSSR count). The van der Waals surface area contributed by atoms with E-state index in [9.17, 15) is 8.96 Å². The van der Waals surface area contributed by atoms with Gasteiger partial charge in [-0.3, -0.25) is 4.90 Å². The number of alkyl halides is 1. The zero-order valence-corrected chi connectivity index (χ0v) is 24.2. The van der Waals surface area contributed by atoms with Crippen LogP contribution in [-0.4, -0.2) is 73.7 Å². The molecule has 2 aromatic carbocycles. The van der Waals surface area contributed by atoms with Crippen LogP contribution in [0.15, 0.2) is 48.7 Å². The van der Waals surface area contributed by atoms with Gasteiger partial charge in [0, 0.05) is 49.3 Å². The van der Waals surface area contributed by atoms with Crippen LogP contribution in [0, 0.1) is 0 Å². The molecule has 11 heteroatoms. The number of rotatable bonds is 8. The zero-order valence-electron chi connectivity index (χ0n) is 22.5. The van der Waals surface area contributed by atoms with Gasteiger partial charge in [0.25, 0.3) is 0 Å². The van der Waals surface area contributed by atoms with Crippen molar-refractivity contribution in [1.82, 2.24) is 14.9 Å². The van der Waals surface area contributed by atoms with Crippen LogP contribution in [0.5, 0.6) is 5.75 Å². The van der Waals surface area contributed by atoms with Crippen LogP contribution in [0.2, 0.25) is 5.02 Å². The van der Waals surface area contributed by atoms with E-state index in [1.165, 1.54) is 6.20 Å². The Hall–Kier alpha value is -2.87. The number of para-hydroxylation sites is 1. The Morgan fingerprint density at radius 1 is 1.05 bits per heavy atom. The zero-order chi connectivity index (χ0) is 27.6. The molecule has 8 nitrogen and oxygen atoms in total. The molecule has 208 valence electrons. The molecule has 2 saturated heterocycles. The first-order valence-electron chi connectivity index (χ1n) is 13.2. The van der Waals surface area contributed by atoms with Gasteiger partial charge in [-0.2, -0.15) is 4.98 Å². The van der Waals surface area contributed by atoms with Crippen LogP contribution >= 0.6 is 18.7 Å². The maximum Gasteiger partial charge on any atom is 0.229 e. The van der Waals surface area contributed by atoms with Crippen molar-refractivity contribution in [2.75, 3.05) is 62.2 Å². The summed E-state index contributed by atoms with van der Waals surface area (Å²) < 4.78 is 32.1. The molecule has 3 heterocycles. The molecule has 1 atom stereocenters. The van der Waals surface area contributed by atoms with Crippen molar-refractivity contribution >= 4 is 52.9 Å². The molecule has 0 bridgehead atoms. The molecule has 2 aliphatic rings. The molecule has 2 aliphatic heterocycles. The highest BCUT2D eigenvalue weighted by Gasteiger charge is 2.30. The first-order chi connectivity index (χ1) is 18.7. The summed E-state index contributed by atoms with van der Waals surface area (Å²) in [5.74, 6) is 1.43. The standard InChI is InChI=1S/C28H35ClFN6O2P/c1-38-25-16-21(35-14-11-20(12-15-35)36-13-10-19(30)18-36)8-9-23(25)33-28-31-17-22(29)27(34-28)32-24-6-4-5-7-26(24)39(2,3)37/h4-9,16-17,19-20H,10-15,18H2,1-3H3,(H2,31,32,33,34)/t19-/m1/s1. The van der Waals surface area contributed by atoms with Gasteiger partial charge in [-0.05, 0) is 56.9 Å². The van der Waals surface area contributed by atoms with Gasteiger partial charge >= 0.3 is 0 Å². The molecule has 2 N–H and O–H groups in total. The van der Waals surface area contributed by atoms with Crippen LogP contribution in [0.3, 0.4) is 0 Å². The van der Waals surface area contributed by atoms with Crippen LogP contribution in [0.25, 0.3) is 0 Å². The lowest BCUT2D eigenvalue weighted by atomic mass is 10.0. The second-order valence-electron chi connectivity index (χ2n) is 10.5. The van der Waals surface area contributed by atoms with Gasteiger partial charge in [-0.25, -0.2) is 9.37 Å². The fourth-order valence-electron chi connectivity index (χ4n) is 5.36. The van der Waals surface area contributed by atoms with Gasteiger partial charge in [0.1, 0.15) is 24.1 Å². The molecule has 2 fully saturated rings. The van der Waals surface area contributed by atoms with Crippen molar-refractivity contribution in [2.45, 2.75) is 31.5 Å². The molecular formula is C28H35ClFN6O2P. The average Bonchev–Trinajstić information content (AvgIpc) is 3.37.